The Balaban J connectivity index is 2.12. The van der Waals surface area contributed by atoms with Gasteiger partial charge in [0.2, 0.25) is 0 Å². The predicted octanol–water partition coefficient (Wildman–Crippen LogP) is 1.89. The van der Waals surface area contributed by atoms with Gasteiger partial charge in [-0.1, -0.05) is 6.07 Å². The van der Waals surface area contributed by atoms with E-state index >= 15 is 0 Å². The van der Waals surface area contributed by atoms with Gasteiger partial charge < -0.3 is 4.90 Å². The molecule has 1 aromatic rings. The molecule has 1 aliphatic rings. The van der Waals surface area contributed by atoms with Crippen molar-refractivity contribution in [2.45, 2.75) is 25.3 Å². The lowest BCUT2D eigenvalue weighted by Crippen LogP contribution is -2.21. The van der Waals surface area contributed by atoms with E-state index in [1.165, 1.54) is 12.1 Å². The number of likely N-dealkylation sites (N-methyl/N-ethyl adjacent to an activating group) is 1. The molecule has 2 nitrogen and oxygen atoms in total. The molecule has 0 saturated carbocycles. The summed E-state index contributed by atoms with van der Waals surface area (Å²) in [5.74, 6) is 0.640. The number of rotatable bonds is 1. The molecule has 1 aromatic heterocycles. The van der Waals surface area contributed by atoms with Crippen molar-refractivity contribution >= 4 is 0 Å². The van der Waals surface area contributed by atoms with Gasteiger partial charge >= 0.3 is 0 Å². The maximum absolute atomic E-state index is 4.40. The smallest absolute Gasteiger partial charge is 0.0447 e. The summed E-state index contributed by atoms with van der Waals surface area (Å²) in [4.78, 5) is 6.81. The molecule has 70 valence electrons. The first kappa shape index (κ1) is 8.70. The van der Waals surface area contributed by atoms with Crippen LogP contribution in [0.5, 0.6) is 0 Å². The van der Waals surface area contributed by atoms with Gasteiger partial charge in [-0.25, -0.2) is 0 Å². The van der Waals surface area contributed by atoms with E-state index in [4.69, 9.17) is 0 Å². The van der Waals surface area contributed by atoms with Crippen molar-refractivity contribution in [2.75, 3.05) is 13.6 Å². The molecule has 2 heteroatoms. The van der Waals surface area contributed by atoms with Gasteiger partial charge in [-0.3, -0.25) is 4.98 Å². The Bertz CT molecular complexity index is 261. The van der Waals surface area contributed by atoms with E-state index in [1.54, 1.807) is 0 Å². The van der Waals surface area contributed by atoms with Gasteiger partial charge in [0.15, 0.2) is 0 Å². The molecule has 2 heterocycles. The monoisotopic (exact) mass is 176 g/mol. The first-order valence-corrected chi connectivity index (χ1v) is 4.88. The van der Waals surface area contributed by atoms with Crippen LogP contribution in [0, 0.1) is 0 Å². The molecule has 1 aliphatic heterocycles. The van der Waals surface area contributed by atoms with Crippen LogP contribution in [0.3, 0.4) is 0 Å². The highest BCUT2D eigenvalue weighted by atomic mass is 15.1. The highest BCUT2D eigenvalue weighted by molar-refractivity contribution is 5.12. The minimum absolute atomic E-state index is 0.640. The number of hydrogen-bond donors (Lipinski definition) is 0. The number of pyridine rings is 1. The van der Waals surface area contributed by atoms with Gasteiger partial charge in [0.25, 0.3) is 0 Å². The molecule has 0 amide bonds. The molecule has 0 bridgehead atoms. The summed E-state index contributed by atoms with van der Waals surface area (Å²) in [6.07, 6.45) is 3.13. The van der Waals surface area contributed by atoms with E-state index in [0.717, 1.165) is 6.54 Å². The Hall–Kier alpha value is -0.890. The van der Waals surface area contributed by atoms with Crippen LogP contribution in [0.1, 0.15) is 25.0 Å². The second-order valence-corrected chi connectivity index (χ2v) is 3.98. The van der Waals surface area contributed by atoms with Gasteiger partial charge in [-0.15, -0.1) is 0 Å². The molecule has 2 atom stereocenters. The lowest BCUT2D eigenvalue weighted by atomic mass is 10.0. The van der Waals surface area contributed by atoms with Crippen LogP contribution >= 0.6 is 0 Å². The summed E-state index contributed by atoms with van der Waals surface area (Å²) >= 11 is 0. The minimum Gasteiger partial charge on any atom is -0.303 e. The van der Waals surface area contributed by atoms with Crippen molar-refractivity contribution in [1.82, 2.24) is 9.88 Å². The Morgan fingerprint density at radius 2 is 2.31 bits per heavy atom. The van der Waals surface area contributed by atoms with Crippen LogP contribution < -0.4 is 0 Å². The zero-order chi connectivity index (χ0) is 9.26. The zero-order valence-electron chi connectivity index (χ0n) is 8.27. The molecule has 1 saturated heterocycles. The Morgan fingerprint density at radius 1 is 1.46 bits per heavy atom. The fraction of sp³-hybridized carbons (Fsp3) is 0.545. The topological polar surface area (TPSA) is 16.1 Å². The van der Waals surface area contributed by atoms with Crippen molar-refractivity contribution in [1.29, 1.82) is 0 Å². The number of aromatic nitrogens is 1. The molecule has 0 spiro atoms. The molecular formula is C11H16N2. The average Bonchev–Trinajstić information content (AvgIpc) is 2.49. The normalized spacial score (nSPS) is 29.4. The number of likely N-dealkylation sites (tertiary alicyclic amines) is 1. The second-order valence-electron chi connectivity index (χ2n) is 3.98. The Kier molecular flexibility index (Phi) is 2.32. The van der Waals surface area contributed by atoms with Gasteiger partial charge in [0, 0.05) is 30.4 Å². The average molecular weight is 176 g/mol. The molecular weight excluding hydrogens is 160 g/mol. The quantitative estimate of drug-likeness (QED) is 0.649. The van der Waals surface area contributed by atoms with Gasteiger partial charge in [-0.05, 0) is 32.5 Å². The molecule has 0 N–H and O–H groups in total. The van der Waals surface area contributed by atoms with Crippen LogP contribution in [0.15, 0.2) is 24.4 Å². The van der Waals surface area contributed by atoms with Crippen molar-refractivity contribution in [3.63, 3.8) is 0 Å². The molecule has 0 aliphatic carbocycles. The molecule has 2 rings (SSSR count). The second kappa shape index (κ2) is 3.46. The standard InChI is InChI=1S/C11H16N2/c1-9-7-10(8-13(9)2)11-5-3-4-6-12-11/h3-6,9-10H,7-8H2,1-2H3. The highest BCUT2D eigenvalue weighted by Crippen LogP contribution is 2.28. The predicted molar refractivity (Wildman–Crippen MR) is 53.7 cm³/mol. The largest absolute Gasteiger partial charge is 0.303 e. The van der Waals surface area contributed by atoms with Crippen LogP contribution in [-0.2, 0) is 0 Å². The van der Waals surface area contributed by atoms with E-state index < -0.39 is 0 Å². The summed E-state index contributed by atoms with van der Waals surface area (Å²) in [5.41, 5.74) is 1.25. The zero-order valence-corrected chi connectivity index (χ0v) is 8.27. The highest BCUT2D eigenvalue weighted by Gasteiger charge is 2.27. The number of nitrogens with zero attached hydrogens (tertiary/aromatic N) is 2. The van der Waals surface area contributed by atoms with Crippen LogP contribution in [-0.4, -0.2) is 29.5 Å². The van der Waals surface area contributed by atoms with E-state index in [2.05, 4.69) is 36.0 Å². The van der Waals surface area contributed by atoms with E-state index in [0.29, 0.717) is 12.0 Å². The van der Waals surface area contributed by atoms with Gasteiger partial charge in [0.1, 0.15) is 0 Å². The fourth-order valence-electron chi connectivity index (χ4n) is 2.03. The first-order chi connectivity index (χ1) is 6.27. The molecule has 0 radical (unpaired) electrons. The summed E-state index contributed by atoms with van der Waals surface area (Å²) in [6, 6.07) is 6.89. The summed E-state index contributed by atoms with van der Waals surface area (Å²) in [5, 5.41) is 0. The van der Waals surface area contributed by atoms with Crippen molar-refractivity contribution < 1.29 is 0 Å². The first-order valence-electron chi connectivity index (χ1n) is 4.88. The van der Waals surface area contributed by atoms with Crippen molar-refractivity contribution in [2.24, 2.45) is 0 Å². The van der Waals surface area contributed by atoms with Gasteiger partial charge in [0.05, 0.1) is 0 Å². The number of hydrogen-bond acceptors (Lipinski definition) is 2. The Morgan fingerprint density at radius 3 is 2.85 bits per heavy atom. The van der Waals surface area contributed by atoms with Crippen molar-refractivity contribution in [3.8, 4) is 0 Å². The lowest BCUT2D eigenvalue weighted by molar-refractivity contribution is 0.329. The molecule has 1 fully saturated rings. The van der Waals surface area contributed by atoms with E-state index in [-0.39, 0.29) is 0 Å². The molecule has 2 unspecified atom stereocenters. The van der Waals surface area contributed by atoms with E-state index in [9.17, 15) is 0 Å². The molecule has 0 aromatic carbocycles. The summed E-state index contributed by atoms with van der Waals surface area (Å²) < 4.78 is 0. The van der Waals surface area contributed by atoms with E-state index in [1.807, 2.05) is 12.3 Å². The fourth-order valence-corrected chi connectivity index (χ4v) is 2.03. The third-order valence-electron chi connectivity index (χ3n) is 2.99. The van der Waals surface area contributed by atoms with Crippen molar-refractivity contribution in [3.05, 3.63) is 30.1 Å². The van der Waals surface area contributed by atoms with Crippen LogP contribution in [0.25, 0.3) is 0 Å². The maximum Gasteiger partial charge on any atom is 0.0447 e. The maximum atomic E-state index is 4.40. The third kappa shape index (κ3) is 1.73. The van der Waals surface area contributed by atoms with Crippen LogP contribution in [0.4, 0.5) is 0 Å². The summed E-state index contributed by atoms with van der Waals surface area (Å²) in [7, 11) is 2.19. The SMILES string of the molecule is CC1CC(c2ccccn2)CN1C. The van der Waals surface area contributed by atoms with Crippen LogP contribution in [0.2, 0.25) is 0 Å². The van der Waals surface area contributed by atoms with Gasteiger partial charge in [-0.2, -0.15) is 0 Å². The Labute approximate surface area is 79.6 Å². The minimum atomic E-state index is 0.640. The molecule has 13 heavy (non-hydrogen) atoms. The summed E-state index contributed by atoms with van der Waals surface area (Å²) in [6.45, 7) is 3.43. The third-order valence-corrected chi connectivity index (χ3v) is 2.99. The lowest BCUT2D eigenvalue weighted by Gasteiger charge is -2.12.